The predicted molar refractivity (Wildman–Crippen MR) is 93.2 cm³/mol. The molecule has 0 saturated heterocycles. The van der Waals surface area contributed by atoms with Crippen LogP contribution >= 0.6 is 0 Å². The van der Waals surface area contributed by atoms with Crippen molar-refractivity contribution in [2.45, 2.75) is 13.8 Å². The largest absolute Gasteiger partial charge is 0.454 e. The Labute approximate surface area is 144 Å². The zero-order chi connectivity index (χ0) is 18.6. The quantitative estimate of drug-likeness (QED) is 0.374. The third-order valence-electron chi connectivity index (χ3n) is 3.72. The highest BCUT2D eigenvalue weighted by Gasteiger charge is 2.19. The summed E-state index contributed by atoms with van der Waals surface area (Å²) in [6.07, 6.45) is 0. The molecule has 25 heavy (non-hydrogen) atoms. The Morgan fingerprint density at radius 2 is 1.84 bits per heavy atom. The third-order valence-corrected chi connectivity index (χ3v) is 3.72. The summed E-state index contributed by atoms with van der Waals surface area (Å²) in [6, 6.07) is 9.18. The molecule has 0 spiro atoms. The number of carbonyl (C=O) groups excluding carboxylic acids is 2. The van der Waals surface area contributed by atoms with Crippen LogP contribution in [0, 0.1) is 24.0 Å². The molecule has 0 saturated carbocycles. The van der Waals surface area contributed by atoms with Gasteiger partial charge in [-0.3, -0.25) is 14.9 Å². The average molecular weight is 342 g/mol. The molecule has 0 unspecified atom stereocenters. The molecule has 130 valence electrons. The van der Waals surface area contributed by atoms with E-state index in [2.05, 4.69) is 5.32 Å². The van der Waals surface area contributed by atoms with Crippen molar-refractivity contribution in [3.05, 3.63) is 68.8 Å². The number of non-ortho nitro benzene ring substituents is 1. The van der Waals surface area contributed by atoms with Gasteiger partial charge in [0.05, 0.1) is 10.5 Å². The number of hydrogen-bond acceptors (Lipinski definition) is 6. The van der Waals surface area contributed by atoms with Gasteiger partial charge in [-0.1, -0.05) is 23.8 Å². The molecule has 0 atom stereocenters. The van der Waals surface area contributed by atoms with Gasteiger partial charge < -0.3 is 10.1 Å². The second kappa shape index (κ2) is 7.57. The number of rotatable bonds is 6. The van der Waals surface area contributed by atoms with Crippen LogP contribution in [-0.2, 0) is 4.74 Å². The molecule has 0 aliphatic rings. The highest BCUT2D eigenvalue weighted by molar-refractivity contribution is 6.01. The Morgan fingerprint density at radius 3 is 2.44 bits per heavy atom. The second-order valence-electron chi connectivity index (χ2n) is 5.55. The first kappa shape index (κ1) is 18.1. The fourth-order valence-electron chi connectivity index (χ4n) is 2.45. The van der Waals surface area contributed by atoms with E-state index < -0.39 is 17.5 Å². The maximum atomic E-state index is 12.2. The van der Waals surface area contributed by atoms with Crippen LogP contribution in [0.3, 0.4) is 0 Å². The summed E-state index contributed by atoms with van der Waals surface area (Å²) in [4.78, 5) is 34.7. The van der Waals surface area contributed by atoms with E-state index >= 15 is 0 Å². The molecule has 2 aromatic rings. The van der Waals surface area contributed by atoms with Crippen LogP contribution in [0.5, 0.6) is 0 Å². The van der Waals surface area contributed by atoms with Crippen molar-refractivity contribution >= 4 is 23.1 Å². The number of esters is 1. The molecule has 0 aliphatic carbocycles. The lowest BCUT2D eigenvalue weighted by atomic mass is 10.0. The van der Waals surface area contributed by atoms with Crippen molar-refractivity contribution in [2.24, 2.45) is 0 Å². The Hall–Kier alpha value is -3.22. The number of nitro benzene ring substituents is 1. The first-order chi connectivity index (χ1) is 11.8. The highest BCUT2D eigenvalue weighted by Crippen LogP contribution is 2.23. The monoisotopic (exact) mass is 342 g/mol. The molecule has 0 heterocycles. The number of hydrogen-bond donors (Lipinski definition) is 1. The minimum absolute atomic E-state index is 0.00475. The molecule has 0 aliphatic heterocycles. The van der Waals surface area contributed by atoms with Gasteiger partial charge in [0.1, 0.15) is 0 Å². The summed E-state index contributed by atoms with van der Waals surface area (Å²) in [5, 5.41) is 13.6. The third kappa shape index (κ3) is 4.20. The zero-order valence-electron chi connectivity index (χ0n) is 14.2. The number of ketones is 1. The zero-order valence-corrected chi connectivity index (χ0v) is 14.2. The van der Waals surface area contributed by atoms with Gasteiger partial charge >= 0.3 is 5.97 Å². The summed E-state index contributed by atoms with van der Waals surface area (Å²) in [7, 11) is 1.58. The van der Waals surface area contributed by atoms with Crippen LogP contribution in [0.1, 0.15) is 31.8 Å². The summed E-state index contributed by atoms with van der Waals surface area (Å²) in [5.41, 5.74) is 2.46. The van der Waals surface area contributed by atoms with Gasteiger partial charge in [0.25, 0.3) is 5.69 Å². The van der Waals surface area contributed by atoms with Crippen molar-refractivity contribution in [1.29, 1.82) is 0 Å². The number of nitrogens with one attached hydrogen (secondary N) is 1. The number of ether oxygens (including phenoxy) is 1. The van der Waals surface area contributed by atoms with Gasteiger partial charge in [-0.25, -0.2) is 4.79 Å². The number of nitrogens with zero attached hydrogens (tertiary/aromatic N) is 1. The average Bonchev–Trinajstić information content (AvgIpc) is 2.58. The van der Waals surface area contributed by atoms with Crippen molar-refractivity contribution in [1.82, 2.24) is 0 Å². The van der Waals surface area contributed by atoms with E-state index in [1.54, 1.807) is 13.1 Å². The number of aryl methyl sites for hydroxylation is 2. The van der Waals surface area contributed by atoms with Crippen LogP contribution in [-0.4, -0.2) is 30.3 Å². The Morgan fingerprint density at radius 1 is 1.12 bits per heavy atom. The maximum Gasteiger partial charge on any atom is 0.340 e. The van der Waals surface area contributed by atoms with Crippen molar-refractivity contribution in [3.63, 3.8) is 0 Å². The minimum Gasteiger partial charge on any atom is -0.454 e. The number of benzene rings is 2. The first-order valence-electron chi connectivity index (χ1n) is 7.57. The molecule has 0 radical (unpaired) electrons. The number of nitro groups is 1. The molecule has 2 rings (SSSR count). The van der Waals surface area contributed by atoms with Crippen molar-refractivity contribution < 1.29 is 19.2 Å². The van der Waals surface area contributed by atoms with Gasteiger partial charge in [0.15, 0.2) is 6.61 Å². The van der Waals surface area contributed by atoms with E-state index in [4.69, 9.17) is 4.74 Å². The lowest BCUT2D eigenvalue weighted by Gasteiger charge is -2.10. The van der Waals surface area contributed by atoms with E-state index in [0.29, 0.717) is 11.3 Å². The minimum atomic E-state index is -0.800. The fourth-order valence-corrected chi connectivity index (χ4v) is 2.45. The Balaban J connectivity index is 2.15. The summed E-state index contributed by atoms with van der Waals surface area (Å²) >= 11 is 0. The topological polar surface area (TPSA) is 98.5 Å². The molecule has 1 N–H and O–H groups in total. The predicted octanol–water partition coefficient (Wildman–Crippen LogP) is 3.29. The van der Waals surface area contributed by atoms with E-state index in [9.17, 15) is 19.7 Å². The molecular formula is C18H18N2O5. The Kier molecular flexibility index (Phi) is 5.49. The van der Waals surface area contributed by atoms with E-state index in [1.807, 2.05) is 26.0 Å². The summed E-state index contributed by atoms with van der Waals surface area (Å²) in [6.45, 7) is 3.29. The summed E-state index contributed by atoms with van der Waals surface area (Å²) < 4.78 is 5.06. The lowest BCUT2D eigenvalue weighted by molar-refractivity contribution is -0.384. The molecule has 0 fully saturated rings. The smallest absolute Gasteiger partial charge is 0.340 e. The van der Waals surface area contributed by atoms with Crippen molar-refractivity contribution in [3.8, 4) is 0 Å². The summed E-state index contributed by atoms with van der Waals surface area (Å²) in [5.74, 6) is -1.13. The van der Waals surface area contributed by atoms with E-state index in [1.165, 1.54) is 12.1 Å². The molecule has 7 nitrogen and oxygen atoms in total. The number of anilines is 1. The molecule has 7 heteroatoms. The van der Waals surface area contributed by atoms with Gasteiger partial charge in [-0.05, 0) is 25.5 Å². The van der Waals surface area contributed by atoms with E-state index in [-0.39, 0.29) is 17.0 Å². The van der Waals surface area contributed by atoms with Crippen LogP contribution in [0.15, 0.2) is 36.4 Å². The molecule has 2 aromatic carbocycles. The van der Waals surface area contributed by atoms with Gasteiger partial charge in [0.2, 0.25) is 5.78 Å². The standard InChI is InChI=1S/C18H18N2O5/c1-11-4-6-14(12(2)8-11)17(21)10-25-18(22)15-9-13(20(23)24)5-7-16(15)19-3/h4-9,19H,10H2,1-3H3. The normalized spacial score (nSPS) is 10.2. The number of Topliss-reactive ketones (excluding diaryl/α,β-unsaturated/α-hetero) is 1. The molecular weight excluding hydrogens is 324 g/mol. The molecule has 0 bridgehead atoms. The molecule has 0 amide bonds. The van der Waals surface area contributed by atoms with Crippen LogP contribution in [0.25, 0.3) is 0 Å². The fraction of sp³-hybridized carbons (Fsp3) is 0.222. The maximum absolute atomic E-state index is 12.2. The first-order valence-corrected chi connectivity index (χ1v) is 7.57. The van der Waals surface area contributed by atoms with Gasteiger partial charge in [-0.15, -0.1) is 0 Å². The van der Waals surface area contributed by atoms with Crippen LogP contribution in [0.4, 0.5) is 11.4 Å². The SMILES string of the molecule is CNc1ccc([N+](=O)[O-])cc1C(=O)OCC(=O)c1ccc(C)cc1C. The molecule has 0 aromatic heterocycles. The second-order valence-corrected chi connectivity index (χ2v) is 5.55. The lowest BCUT2D eigenvalue weighted by Crippen LogP contribution is -2.16. The van der Waals surface area contributed by atoms with Crippen LogP contribution < -0.4 is 5.32 Å². The van der Waals surface area contributed by atoms with Crippen molar-refractivity contribution in [2.75, 3.05) is 19.0 Å². The van der Waals surface area contributed by atoms with Crippen LogP contribution in [0.2, 0.25) is 0 Å². The Bertz CT molecular complexity index is 845. The van der Waals surface area contributed by atoms with Gasteiger partial charge in [0, 0.05) is 30.4 Å². The van der Waals surface area contributed by atoms with E-state index in [0.717, 1.165) is 17.2 Å². The highest BCUT2D eigenvalue weighted by atomic mass is 16.6. The van der Waals surface area contributed by atoms with Gasteiger partial charge in [-0.2, -0.15) is 0 Å². The number of carbonyl (C=O) groups is 2.